The van der Waals surface area contributed by atoms with E-state index in [1.54, 1.807) is 0 Å². The fourth-order valence-corrected chi connectivity index (χ4v) is 9.73. The molecule has 0 amide bonds. The smallest absolute Gasteiger partial charge is 0.303 e. The van der Waals surface area contributed by atoms with E-state index in [0.29, 0.717) is 0 Å². The maximum Gasteiger partial charge on any atom is 0.303 e. The lowest BCUT2D eigenvalue weighted by Crippen LogP contribution is -2.66. The predicted octanol–water partition coefficient (Wildman–Crippen LogP) is 7.34. The largest absolute Gasteiger partial charge is 0.507 e. The van der Waals surface area contributed by atoms with Crippen LogP contribution in [-0.4, -0.2) is 120 Å². The average molecular weight is 1210 g/mol. The highest BCUT2D eigenvalue weighted by atomic mass is 16.8. The Balaban J connectivity index is 1.18. The van der Waals surface area contributed by atoms with E-state index in [1.807, 2.05) is 121 Å². The first-order valence-corrected chi connectivity index (χ1v) is 27.9. The molecule has 0 saturated carbocycles. The number of phenolic OH excluding ortho intramolecular Hbond substituents is 1. The highest BCUT2D eigenvalue weighted by Gasteiger charge is 2.56. The molecule has 0 radical (unpaired) electrons. The van der Waals surface area contributed by atoms with Crippen LogP contribution in [0.3, 0.4) is 0 Å². The highest BCUT2D eigenvalue weighted by Crippen LogP contribution is 2.46. The molecular formula is C65H64O23. The van der Waals surface area contributed by atoms with E-state index in [0.717, 1.165) is 56.9 Å². The lowest BCUT2D eigenvalue weighted by Gasteiger charge is -2.47. The van der Waals surface area contributed by atoms with Crippen LogP contribution in [0.4, 0.5) is 0 Å². The van der Waals surface area contributed by atoms with Crippen molar-refractivity contribution in [3.05, 3.63) is 178 Å². The lowest BCUT2D eigenvalue weighted by atomic mass is 9.96. The summed E-state index contributed by atoms with van der Waals surface area (Å²) in [6.07, 6.45) is -18.6. The van der Waals surface area contributed by atoms with Gasteiger partial charge in [-0.05, 0) is 34.4 Å². The first-order valence-electron chi connectivity index (χ1n) is 27.9. The highest BCUT2D eigenvalue weighted by molar-refractivity contribution is 5.89. The van der Waals surface area contributed by atoms with Crippen LogP contribution in [0, 0.1) is 0 Å². The zero-order chi connectivity index (χ0) is 62.4. The Morgan fingerprint density at radius 1 is 0.477 bits per heavy atom. The zero-order valence-electron chi connectivity index (χ0n) is 48.4. The monoisotopic (exact) mass is 1210 g/mol. The molecular weight excluding hydrogens is 1150 g/mol. The minimum Gasteiger partial charge on any atom is -0.507 e. The van der Waals surface area contributed by atoms with Crippen molar-refractivity contribution < 1.29 is 105 Å². The van der Waals surface area contributed by atoms with Gasteiger partial charge in [0.25, 0.3) is 0 Å². The Morgan fingerprint density at radius 3 is 1.38 bits per heavy atom. The Bertz CT molecular complexity index is 3530. The Hall–Kier alpha value is -9.52. The van der Waals surface area contributed by atoms with Crippen molar-refractivity contribution in [1.82, 2.24) is 0 Å². The quantitative estimate of drug-likeness (QED) is 0.0394. The maximum atomic E-state index is 15.4. The second-order valence-electron chi connectivity index (χ2n) is 20.4. The number of esters is 5. The molecule has 2 fully saturated rings. The molecule has 0 spiro atoms. The number of rotatable bonds is 24. The van der Waals surface area contributed by atoms with Gasteiger partial charge in [-0.2, -0.15) is 0 Å². The van der Waals surface area contributed by atoms with E-state index in [9.17, 15) is 39.3 Å². The van der Waals surface area contributed by atoms with E-state index in [1.165, 1.54) is 24.3 Å². The molecule has 1 aromatic heterocycles. The normalized spacial score (nSPS) is 21.4. The summed E-state index contributed by atoms with van der Waals surface area (Å²) in [5.74, 6) is -5.75. The number of carbonyl (C=O) groups excluding carboxylic acids is 5. The van der Waals surface area contributed by atoms with Crippen molar-refractivity contribution in [3.63, 3.8) is 0 Å². The minimum atomic E-state index is -2.19. The van der Waals surface area contributed by atoms with Crippen molar-refractivity contribution in [1.29, 1.82) is 0 Å². The van der Waals surface area contributed by atoms with Crippen LogP contribution >= 0.6 is 0 Å². The molecule has 3 heterocycles. The van der Waals surface area contributed by atoms with E-state index in [2.05, 4.69) is 0 Å². The summed E-state index contributed by atoms with van der Waals surface area (Å²) in [4.78, 5) is 78.0. The van der Waals surface area contributed by atoms with Gasteiger partial charge in [0.2, 0.25) is 23.2 Å². The van der Waals surface area contributed by atoms with Gasteiger partial charge in [0.05, 0.1) is 0 Å². The van der Waals surface area contributed by atoms with Gasteiger partial charge in [0.1, 0.15) is 86.5 Å². The van der Waals surface area contributed by atoms with Gasteiger partial charge in [0, 0.05) is 52.3 Å². The number of aliphatic hydroxyl groups excluding tert-OH is 2. The molecule has 0 bridgehead atoms. The Kier molecular flexibility index (Phi) is 20.9. The third kappa shape index (κ3) is 16.1. The van der Waals surface area contributed by atoms with Crippen LogP contribution in [0.1, 0.15) is 56.9 Å². The van der Waals surface area contributed by atoms with Crippen LogP contribution in [-0.2, 0) is 88.3 Å². The number of fused-ring (bicyclic) bond motifs is 1. The number of ether oxygens (including phenoxy) is 13. The maximum absolute atomic E-state index is 15.4. The summed E-state index contributed by atoms with van der Waals surface area (Å²) in [5.41, 5.74) is 1.94. The van der Waals surface area contributed by atoms with Gasteiger partial charge in [-0.25, -0.2) is 0 Å². The predicted molar refractivity (Wildman–Crippen MR) is 307 cm³/mol. The van der Waals surface area contributed by atoms with Crippen LogP contribution in [0.25, 0.3) is 22.3 Å². The molecule has 9 rings (SSSR count). The SMILES string of the molecule is CC(=O)OC[C@@H]1O[C@H](O[C@H]2[C@H](OC(C)=O)[C@@H](O)[C@H](Oc3c(-c4cc(OCc5ccccc5)c(OCc5ccccc5)c(OCc5ccccc5)c4)oc4cc(OCc5ccccc5)cc(O)c4c3=O)O[C@@H]2COC(C)=O)[C@@H](O)[C@H](OC(C)=O)[C@@H]1OC(C)=O. The molecule has 6 aromatic carbocycles. The van der Waals surface area contributed by atoms with E-state index in [-0.39, 0.29) is 66.3 Å². The van der Waals surface area contributed by atoms with Gasteiger partial charge in [-0.1, -0.05) is 121 Å². The van der Waals surface area contributed by atoms with Crippen molar-refractivity contribution in [2.75, 3.05) is 13.2 Å². The third-order valence-corrected chi connectivity index (χ3v) is 13.7. The molecule has 3 N–H and O–H groups in total. The molecule has 462 valence electrons. The summed E-state index contributed by atoms with van der Waals surface area (Å²) in [6.45, 7) is 3.92. The molecule has 23 nitrogen and oxygen atoms in total. The summed E-state index contributed by atoms with van der Waals surface area (Å²) in [6, 6.07) is 42.6. The lowest BCUT2D eigenvalue weighted by molar-refractivity contribution is -0.353. The molecule has 0 unspecified atom stereocenters. The second-order valence-corrected chi connectivity index (χ2v) is 20.4. The van der Waals surface area contributed by atoms with Crippen molar-refractivity contribution >= 4 is 40.8 Å². The first-order chi connectivity index (χ1) is 42.4. The number of aliphatic hydroxyl groups is 2. The topological polar surface area (TPSA) is 296 Å². The molecule has 10 atom stereocenters. The van der Waals surface area contributed by atoms with Crippen LogP contribution < -0.4 is 29.1 Å². The average Bonchev–Trinajstić information content (AvgIpc) is 1.89. The molecule has 2 aliphatic rings. The molecule has 23 heteroatoms. The summed E-state index contributed by atoms with van der Waals surface area (Å²) in [7, 11) is 0. The number of hydrogen-bond donors (Lipinski definition) is 3. The molecule has 0 aliphatic carbocycles. The van der Waals surface area contributed by atoms with Gasteiger partial charge in [0.15, 0.2) is 48.0 Å². The van der Waals surface area contributed by atoms with Crippen molar-refractivity contribution in [3.8, 4) is 45.8 Å². The zero-order valence-corrected chi connectivity index (χ0v) is 48.4. The Morgan fingerprint density at radius 2 is 0.898 bits per heavy atom. The number of phenols is 1. The van der Waals surface area contributed by atoms with Gasteiger partial charge in [-0.15, -0.1) is 0 Å². The molecule has 2 saturated heterocycles. The number of carbonyl (C=O) groups is 5. The number of aromatic hydroxyl groups is 1. The summed E-state index contributed by atoms with van der Waals surface area (Å²) >= 11 is 0. The van der Waals surface area contributed by atoms with E-state index < -0.39 is 127 Å². The standard InChI is InChI=1S/C65H64O23/c1-36(66)75-34-51-59(81-38(3)68)62(82-39(4)69)55(73)64(85-51)87-60-52(35-76-37(2)67)86-65(56(74)63(60)83-40(5)70)88-61-54(72)53-47(71)28-46(77-30-41-18-10-6-11-19-41)29-48(53)84-57(61)45-26-49(78-31-42-20-12-7-13-21-42)58(80-33-44-24-16-9-17-25-44)50(27-45)79-32-43-22-14-8-15-23-43/h6-29,51-52,55-56,59-60,62-65,71,73-74H,30-35H2,1-5H3/t51-,52+,55-,56+,59+,60+,62-,63+,64+,65-/m0/s1. The van der Waals surface area contributed by atoms with Crippen LogP contribution in [0.5, 0.6) is 34.5 Å². The number of hydrogen-bond acceptors (Lipinski definition) is 23. The van der Waals surface area contributed by atoms with Gasteiger partial charge < -0.3 is 81.3 Å². The Labute approximate surface area is 504 Å². The van der Waals surface area contributed by atoms with Gasteiger partial charge >= 0.3 is 29.8 Å². The first kappa shape index (κ1) is 63.0. The van der Waals surface area contributed by atoms with E-state index in [4.69, 9.17) is 66.0 Å². The van der Waals surface area contributed by atoms with Crippen molar-refractivity contribution in [2.24, 2.45) is 0 Å². The molecule has 7 aromatic rings. The van der Waals surface area contributed by atoms with Crippen LogP contribution in [0.2, 0.25) is 0 Å². The van der Waals surface area contributed by atoms with Gasteiger partial charge in [-0.3, -0.25) is 28.8 Å². The van der Waals surface area contributed by atoms with E-state index >= 15 is 4.79 Å². The third-order valence-electron chi connectivity index (χ3n) is 13.7. The van der Waals surface area contributed by atoms with Crippen molar-refractivity contribution in [2.45, 2.75) is 122 Å². The minimum absolute atomic E-state index is 0.00465. The summed E-state index contributed by atoms with van der Waals surface area (Å²) < 4.78 is 84.8. The second kappa shape index (κ2) is 29.2. The summed E-state index contributed by atoms with van der Waals surface area (Å²) in [5, 5.41) is 35.7. The molecule has 88 heavy (non-hydrogen) atoms. The fourth-order valence-electron chi connectivity index (χ4n) is 9.73. The molecule has 2 aliphatic heterocycles. The van der Waals surface area contributed by atoms with Crippen LogP contribution in [0.15, 0.2) is 155 Å². The number of benzene rings is 6. The fraction of sp³-hybridized carbons (Fsp3) is 0.323.